The summed E-state index contributed by atoms with van der Waals surface area (Å²) in [5.74, 6) is 2.09. The molecule has 13 aromatic rings. The van der Waals surface area contributed by atoms with E-state index < -0.39 is 60.4 Å². The first kappa shape index (κ1) is 34.8. The molecule has 0 amide bonds. The quantitative estimate of drug-likeness (QED) is 0.160. The minimum absolute atomic E-state index is 0.0854. The summed E-state index contributed by atoms with van der Waals surface area (Å²) in [7, 11) is 0. The summed E-state index contributed by atoms with van der Waals surface area (Å²) < 4.78 is 99.9. The fourth-order valence-electron chi connectivity index (χ4n) is 11.1. The summed E-state index contributed by atoms with van der Waals surface area (Å²) >= 11 is 0. The highest BCUT2D eigenvalue weighted by Crippen LogP contribution is 2.46. The molecule has 14 rings (SSSR count). The SMILES string of the molecule is [2H]c1c([2H])c([2H])c(-c2cc(-c3c([2H])c([2H])c([2H])c([2H])c3[2H])cc(-c3cccc4c5ccccc5c5ccccc5c5cccc6c5n(c34)CN6c3cccc(Oc4ccc5c6ccccc6n(-c6cc(C(C)(C)C)ccn6)c5c4)c3)c2)c([2H])c1[2H]. The van der Waals surface area contributed by atoms with Crippen LogP contribution in [0.1, 0.15) is 40.0 Å². The molecule has 5 nitrogen and oxygen atoms in total. The number of hydrogen-bond acceptors (Lipinski definition) is 3. The Labute approximate surface area is 450 Å². The number of nitrogens with zero attached hydrogens (tertiary/aromatic N) is 4. The number of rotatable bonds is 7. The van der Waals surface area contributed by atoms with E-state index in [4.69, 9.17) is 23.4 Å². The lowest BCUT2D eigenvalue weighted by Gasteiger charge is -2.21. The Kier molecular flexibility index (Phi) is 8.19. The molecular formula is C70H52N4O. The van der Waals surface area contributed by atoms with Gasteiger partial charge in [-0.1, -0.05) is 184 Å². The average Bonchev–Trinajstić information content (AvgIpc) is 1.92. The smallest absolute Gasteiger partial charge is 0.137 e. The molecule has 4 heterocycles. The van der Waals surface area contributed by atoms with Crippen LogP contribution in [0.15, 0.2) is 249 Å². The van der Waals surface area contributed by atoms with E-state index >= 15 is 0 Å². The molecule has 0 unspecified atom stereocenters. The molecular weight excluding hydrogens is 913 g/mol. The minimum atomic E-state index is -0.552. The van der Waals surface area contributed by atoms with Crippen LogP contribution < -0.4 is 9.64 Å². The number of hydrogen-bond donors (Lipinski definition) is 0. The van der Waals surface area contributed by atoms with Crippen molar-refractivity contribution < 1.29 is 18.4 Å². The molecule has 0 aliphatic carbocycles. The normalized spacial score (nSPS) is 14.3. The van der Waals surface area contributed by atoms with Crippen LogP contribution >= 0.6 is 0 Å². The summed E-state index contributed by atoms with van der Waals surface area (Å²) in [5.41, 5.74) is 7.97. The Morgan fingerprint density at radius 2 is 1.01 bits per heavy atom. The Morgan fingerprint density at radius 3 is 1.69 bits per heavy atom. The van der Waals surface area contributed by atoms with Crippen molar-refractivity contribution in [2.45, 2.75) is 32.9 Å². The van der Waals surface area contributed by atoms with E-state index in [0.29, 0.717) is 29.3 Å². The zero-order valence-electron chi connectivity index (χ0n) is 51.3. The van der Waals surface area contributed by atoms with E-state index in [1.807, 2.05) is 66.9 Å². The molecule has 10 aromatic carbocycles. The first-order valence-electron chi connectivity index (χ1n) is 30.0. The van der Waals surface area contributed by atoms with Crippen molar-refractivity contribution in [2.75, 3.05) is 4.90 Å². The highest BCUT2D eigenvalue weighted by Gasteiger charge is 2.26. The van der Waals surface area contributed by atoms with Crippen molar-refractivity contribution in [3.8, 4) is 50.7 Å². The van der Waals surface area contributed by atoms with E-state index in [0.717, 1.165) is 82.3 Å². The van der Waals surface area contributed by atoms with Crippen LogP contribution in [0.25, 0.3) is 104 Å². The molecule has 358 valence electrons. The van der Waals surface area contributed by atoms with Gasteiger partial charge in [-0.2, -0.15) is 0 Å². The van der Waals surface area contributed by atoms with Gasteiger partial charge in [0.1, 0.15) is 24.0 Å². The summed E-state index contributed by atoms with van der Waals surface area (Å²) in [5, 5.41) is 8.01. The van der Waals surface area contributed by atoms with E-state index in [2.05, 4.69) is 138 Å². The number of para-hydroxylation sites is 3. The Balaban J connectivity index is 0.999. The van der Waals surface area contributed by atoms with Crippen molar-refractivity contribution in [3.63, 3.8) is 0 Å². The van der Waals surface area contributed by atoms with Gasteiger partial charge in [0, 0.05) is 51.1 Å². The first-order chi connectivity index (χ1) is 41.0. The van der Waals surface area contributed by atoms with Crippen LogP contribution in [0.2, 0.25) is 0 Å². The molecule has 3 aromatic heterocycles. The average molecular weight is 975 g/mol. The maximum absolute atomic E-state index is 9.17. The molecule has 0 saturated heterocycles. The van der Waals surface area contributed by atoms with E-state index in [9.17, 15) is 0 Å². The fraction of sp³-hybridized carbons (Fsp3) is 0.0714. The molecule has 0 bridgehead atoms. The van der Waals surface area contributed by atoms with Gasteiger partial charge < -0.3 is 14.2 Å². The third-order valence-electron chi connectivity index (χ3n) is 14.6. The lowest BCUT2D eigenvalue weighted by molar-refractivity contribution is 0.483. The van der Waals surface area contributed by atoms with Crippen LogP contribution in [0.3, 0.4) is 0 Å². The molecule has 5 heteroatoms. The van der Waals surface area contributed by atoms with Crippen LogP contribution in [0, 0.1) is 0 Å². The second-order valence-corrected chi connectivity index (χ2v) is 20.0. The van der Waals surface area contributed by atoms with Crippen molar-refractivity contribution in [3.05, 3.63) is 254 Å². The number of pyridine rings is 1. The molecule has 75 heavy (non-hydrogen) atoms. The predicted octanol–water partition coefficient (Wildman–Crippen LogP) is 18.9. The van der Waals surface area contributed by atoms with Gasteiger partial charge in [0.25, 0.3) is 0 Å². The van der Waals surface area contributed by atoms with Gasteiger partial charge >= 0.3 is 0 Å². The van der Waals surface area contributed by atoms with Gasteiger partial charge in [-0.3, -0.25) is 4.57 Å². The zero-order valence-corrected chi connectivity index (χ0v) is 41.3. The van der Waals surface area contributed by atoms with Gasteiger partial charge in [0.05, 0.1) is 41.5 Å². The Bertz CT molecular complexity index is 4960. The third kappa shape index (κ3) is 7.58. The molecule has 1 aliphatic heterocycles. The maximum Gasteiger partial charge on any atom is 0.137 e. The highest BCUT2D eigenvalue weighted by molar-refractivity contribution is 6.22. The standard InChI is InChI=1S/C70H52N4O/c1-70(2,3)51-37-38-71-67(42-51)74-64-33-15-14-29-60(64)61-36-35-54(44-66(61)74)75-53-24-16-23-52(43-53)72-45-73-68-55(50-40-48(46-19-6-4-7-20-46)39-49(41-50)47-21-8-5-9-22-47)30-17-31-62(68)58-27-12-10-25-56(58)57-26-11-13-28-59(57)63-32-18-34-65(72)69(63)73/h4-44H,45H2,1-3H3/i4D,5D,6D,7D,8D,9D,19D,20D,21D,22D. The summed E-state index contributed by atoms with van der Waals surface area (Å²) in [6.45, 7) is 6.91. The molecule has 1 aliphatic rings. The van der Waals surface area contributed by atoms with Crippen molar-refractivity contribution in [1.29, 1.82) is 0 Å². The summed E-state index contributed by atoms with van der Waals surface area (Å²) in [6.07, 6.45) is 1.88. The van der Waals surface area contributed by atoms with Crippen molar-refractivity contribution >= 4 is 76.5 Å². The Hall–Kier alpha value is -9.45. The van der Waals surface area contributed by atoms with E-state index in [1.165, 1.54) is 5.56 Å². The van der Waals surface area contributed by atoms with Crippen LogP contribution in [-0.2, 0) is 12.1 Å². The number of anilines is 2. The number of fused-ring (bicyclic) bond motifs is 10. The van der Waals surface area contributed by atoms with Crippen molar-refractivity contribution in [2.24, 2.45) is 0 Å². The predicted molar refractivity (Wildman–Crippen MR) is 314 cm³/mol. The molecule has 0 radical (unpaired) electrons. The molecule has 0 fully saturated rings. The molecule has 0 N–H and O–H groups in total. The lowest BCUT2D eigenvalue weighted by Crippen LogP contribution is -2.14. The molecule has 0 spiro atoms. The van der Waals surface area contributed by atoms with Gasteiger partial charge in [0.2, 0.25) is 0 Å². The minimum Gasteiger partial charge on any atom is -0.457 e. The number of benzene rings is 10. The van der Waals surface area contributed by atoms with Gasteiger partial charge in [-0.25, -0.2) is 4.98 Å². The molecule has 0 saturated carbocycles. The lowest BCUT2D eigenvalue weighted by atomic mass is 9.88. The summed E-state index contributed by atoms with van der Waals surface area (Å²) in [4.78, 5) is 7.16. The van der Waals surface area contributed by atoms with Crippen LogP contribution in [0.5, 0.6) is 11.5 Å². The van der Waals surface area contributed by atoms with E-state index in [-0.39, 0.29) is 27.7 Å². The summed E-state index contributed by atoms with van der Waals surface area (Å²) in [6, 6.07) is 56.0. The highest BCUT2D eigenvalue weighted by atomic mass is 16.5. The van der Waals surface area contributed by atoms with Crippen molar-refractivity contribution in [1.82, 2.24) is 14.1 Å². The number of aromatic nitrogens is 3. The maximum atomic E-state index is 9.17. The van der Waals surface area contributed by atoms with Gasteiger partial charge in [-0.15, -0.1) is 0 Å². The third-order valence-corrected chi connectivity index (χ3v) is 14.6. The van der Waals surface area contributed by atoms with Crippen LogP contribution in [0.4, 0.5) is 11.4 Å². The van der Waals surface area contributed by atoms with Gasteiger partial charge in [-0.05, 0) is 127 Å². The topological polar surface area (TPSA) is 35.2 Å². The van der Waals surface area contributed by atoms with Crippen LogP contribution in [-0.4, -0.2) is 14.1 Å². The number of ether oxygens (including phenoxy) is 1. The Morgan fingerprint density at radius 1 is 0.453 bits per heavy atom. The monoisotopic (exact) mass is 974 g/mol. The fourth-order valence-corrected chi connectivity index (χ4v) is 11.1. The zero-order chi connectivity index (χ0) is 58.9. The second-order valence-electron chi connectivity index (χ2n) is 20.0. The second kappa shape index (κ2) is 17.6. The largest absolute Gasteiger partial charge is 0.457 e. The molecule has 0 atom stereocenters. The first-order valence-corrected chi connectivity index (χ1v) is 25.0. The van der Waals surface area contributed by atoms with E-state index in [1.54, 1.807) is 18.2 Å². The van der Waals surface area contributed by atoms with Gasteiger partial charge in [0.15, 0.2) is 0 Å².